The molecule has 3 nitrogen and oxygen atoms in total. The lowest BCUT2D eigenvalue weighted by Gasteiger charge is -2.29. The quantitative estimate of drug-likeness (QED) is 0.161. The van der Waals surface area contributed by atoms with E-state index in [4.69, 9.17) is 14.4 Å². The van der Waals surface area contributed by atoms with Crippen molar-refractivity contribution in [2.45, 2.75) is 12.3 Å². The number of fused-ring (bicyclic) bond motifs is 6. The number of furan rings is 1. The van der Waals surface area contributed by atoms with Gasteiger partial charge in [-0.3, -0.25) is 0 Å². The zero-order valence-electron chi connectivity index (χ0n) is 34.7. The Morgan fingerprint density at radius 2 is 0.952 bits per heavy atom. The number of hydrogen-bond acceptors (Lipinski definition) is 3. The van der Waals surface area contributed by atoms with Gasteiger partial charge in [0.1, 0.15) is 11.2 Å². The predicted octanol–water partition coefficient (Wildman–Crippen LogP) is 15.7. The van der Waals surface area contributed by atoms with E-state index in [0.29, 0.717) is 5.82 Å². The van der Waals surface area contributed by atoms with Crippen molar-refractivity contribution < 1.29 is 4.42 Å². The Labute approximate surface area is 366 Å². The van der Waals surface area contributed by atoms with E-state index in [9.17, 15) is 0 Å². The molecular weight excluding hydrogens is 765 g/mol. The van der Waals surface area contributed by atoms with Crippen molar-refractivity contribution in [2.75, 3.05) is 0 Å². The first-order valence-electron chi connectivity index (χ1n) is 21.6. The van der Waals surface area contributed by atoms with Gasteiger partial charge in [-0.05, 0) is 98.5 Å². The Morgan fingerprint density at radius 3 is 1.75 bits per heavy atom. The summed E-state index contributed by atoms with van der Waals surface area (Å²) < 4.78 is 6.12. The average molecular weight is 805 g/mol. The molecule has 1 aliphatic rings. The molecule has 0 bridgehead atoms. The molecule has 1 unspecified atom stereocenters. The monoisotopic (exact) mass is 804 g/mol. The van der Waals surface area contributed by atoms with Crippen LogP contribution in [0.15, 0.2) is 229 Å². The Morgan fingerprint density at radius 1 is 0.349 bits per heavy atom. The molecule has 1 aliphatic carbocycles. The summed E-state index contributed by atoms with van der Waals surface area (Å²) in [4.78, 5) is 10.5. The summed E-state index contributed by atoms with van der Waals surface area (Å²) in [6, 6.07) is 80.1. The summed E-state index contributed by atoms with van der Waals surface area (Å²) in [6.07, 6.45) is 0. The Kier molecular flexibility index (Phi) is 8.62. The lowest BCUT2D eigenvalue weighted by Crippen LogP contribution is -2.22. The van der Waals surface area contributed by atoms with E-state index < -0.39 is 0 Å². The summed E-state index contributed by atoms with van der Waals surface area (Å²) in [7, 11) is 0. The second kappa shape index (κ2) is 14.8. The molecule has 9 aromatic carbocycles. The largest absolute Gasteiger partial charge is 0.456 e. The predicted molar refractivity (Wildman–Crippen MR) is 259 cm³/mol. The second-order valence-corrected chi connectivity index (χ2v) is 16.6. The van der Waals surface area contributed by atoms with Gasteiger partial charge in [0, 0.05) is 32.9 Å². The minimum Gasteiger partial charge on any atom is -0.456 e. The first-order chi connectivity index (χ1) is 31.1. The summed E-state index contributed by atoms with van der Waals surface area (Å²) in [5, 5.41) is 2.24. The van der Waals surface area contributed by atoms with Gasteiger partial charge in [0.15, 0.2) is 5.82 Å². The highest BCUT2D eigenvalue weighted by Gasteiger charge is 2.42. The van der Waals surface area contributed by atoms with Crippen molar-refractivity contribution in [3.8, 4) is 78.4 Å². The molecule has 1 atom stereocenters. The second-order valence-electron chi connectivity index (χ2n) is 16.6. The molecule has 2 aromatic heterocycles. The molecule has 63 heavy (non-hydrogen) atoms. The Bertz CT molecular complexity index is 3500. The van der Waals surface area contributed by atoms with Gasteiger partial charge in [0.2, 0.25) is 0 Å². The normalized spacial score (nSPS) is 14.2. The van der Waals surface area contributed by atoms with E-state index in [2.05, 4.69) is 201 Å². The number of hydrogen-bond donors (Lipinski definition) is 0. The van der Waals surface area contributed by atoms with Crippen LogP contribution >= 0.6 is 0 Å². The molecule has 0 N–H and O–H groups in total. The van der Waals surface area contributed by atoms with E-state index in [1.165, 1.54) is 38.9 Å². The van der Waals surface area contributed by atoms with E-state index in [1.807, 2.05) is 30.3 Å². The molecule has 0 fully saturated rings. The van der Waals surface area contributed by atoms with Crippen molar-refractivity contribution in [1.29, 1.82) is 0 Å². The number of rotatable bonds is 7. The van der Waals surface area contributed by atoms with Crippen LogP contribution in [0.3, 0.4) is 0 Å². The molecule has 0 saturated carbocycles. The standard InChI is InChI=1S/C60H40N2O/c1-60(45-20-9-4-10-21-45)52-26-15-25-47(40-16-5-2-6-17-40)58(52)50-34-32-44(37-53(50)60)46-22-11-12-23-48(46)55-38-54(61-59(62-55)42-18-7-3-8-19-42)41-30-28-39(29-31-41)43-33-35-57-51(36-43)49-24-13-14-27-56(49)63-57/h2-38H,1H3. The van der Waals surface area contributed by atoms with Crippen LogP contribution in [-0.4, -0.2) is 9.97 Å². The highest BCUT2D eigenvalue weighted by atomic mass is 16.3. The Balaban J connectivity index is 0.982. The molecule has 0 amide bonds. The zero-order chi connectivity index (χ0) is 41.9. The molecule has 0 spiro atoms. The number of benzene rings is 9. The highest BCUT2D eigenvalue weighted by molar-refractivity contribution is 6.06. The lowest BCUT2D eigenvalue weighted by molar-refractivity contribution is 0.669. The zero-order valence-corrected chi connectivity index (χ0v) is 34.7. The minimum absolute atomic E-state index is 0.367. The fourth-order valence-electron chi connectivity index (χ4n) is 9.84. The first-order valence-corrected chi connectivity index (χ1v) is 21.6. The van der Waals surface area contributed by atoms with E-state index in [0.717, 1.165) is 72.3 Å². The van der Waals surface area contributed by atoms with E-state index >= 15 is 0 Å². The number of para-hydroxylation sites is 1. The summed E-state index contributed by atoms with van der Waals surface area (Å²) in [5.74, 6) is 0.689. The van der Waals surface area contributed by atoms with Gasteiger partial charge in [-0.25, -0.2) is 9.97 Å². The molecule has 2 heterocycles. The fourth-order valence-corrected chi connectivity index (χ4v) is 9.84. The maximum atomic E-state index is 6.12. The van der Waals surface area contributed by atoms with Crippen molar-refractivity contribution in [3.63, 3.8) is 0 Å². The minimum atomic E-state index is -0.367. The van der Waals surface area contributed by atoms with Gasteiger partial charge >= 0.3 is 0 Å². The SMILES string of the molecule is CC1(c2ccccc2)c2cc(-c3ccccc3-c3cc(-c4ccc(-c5ccc6oc7ccccc7c6c5)cc4)nc(-c4ccccc4)n3)ccc2-c2c(-c3ccccc3)cccc21. The third-order valence-corrected chi connectivity index (χ3v) is 13.0. The number of aromatic nitrogens is 2. The topological polar surface area (TPSA) is 38.9 Å². The van der Waals surface area contributed by atoms with Crippen LogP contribution in [-0.2, 0) is 5.41 Å². The highest BCUT2D eigenvalue weighted by Crippen LogP contribution is 2.56. The van der Waals surface area contributed by atoms with Crippen molar-refractivity contribution >= 4 is 21.9 Å². The van der Waals surface area contributed by atoms with Crippen LogP contribution in [0.4, 0.5) is 0 Å². The van der Waals surface area contributed by atoms with Gasteiger partial charge in [0.25, 0.3) is 0 Å². The van der Waals surface area contributed by atoms with Gasteiger partial charge in [-0.2, -0.15) is 0 Å². The smallest absolute Gasteiger partial charge is 0.160 e. The fraction of sp³-hybridized carbons (Fsp3) is 0.0333. The molecule has 0 radical (unpaired) electrons. The van der Waals surface area contributed by atoms with Crippen molar-refractivity contribution in [3.05, 3.63) is 241 Å². The van der Waals surface area contributed by atoms with Crippen LogP contribution in [0, 0.1) is 0 Å². The van der Waals surface area contributed by atoms with Crippen LogP contribution in [0.25, 0.3) is 100 Å². The molecule has 0 saturated heterocycles. The average Bonchev–Trinajstić information content (AvgIpc) is 3.87. The van der Waals surface area contributed by atoms with Crippen molar-refractivity contribution in [1.82, 2.24) is 9.97 Å². The van der Waals surface area contributed by atoms with Gasteiger partial charge in [-0.15, -0.1) is 0 Å². The first kappa shape index (κ1) is 36.7. The van der Waals surface area contributed by atoms with Crippen LogP contribution in [0.5, 0.6) is 0 Å². The molecular formula is C60H40N2O. The van der Waals surface area contributed by atoms with E-state index in [1.54, 1.807) is 0 Å². The summed E-state index contributed by atoms with van der Waals surface area (Å²) >= 11 is 0. The van der Waals surface area contributed by atoms with Crippen molar-refractivity contribution in [2.24, 2.45) is 0 Å². The summed E-state index contributed by atoms with van der Waals surface area (Å²) in [6.45, 7) is 2.39. The van der Waals surface area contributed by atoms with Gasteiger partial charge in [0.05, 0.1) is 11.4 Å². The van der Waals surface area contributed by atoms with Crippen LogP contribution in [0.1, 0.15) is 23.6 Å². The van der Waals surface area contributed by atoms with Crippen LogP contribution < -0.4 is 0 Å². The lowest BCUT2D eigenvalue weighted by atomic mass is 9.73. The maximum absolute atomic E-state index is 6.12. The van der Waals surface area contributed by atoms with Gasteiger partial charge in [-0.1, -0.05) is 194 Å². The summed E-state index contributed by atoms with van der Waals surface area (Å²) in [5.41, 5.74) is 19.7. The molecule has 3 heteroatoms. The molecule has 296 valence electrons. The maximum Gasteiger partial charge on any atom is 0.160 e. The Hall–Kier alpha value is -8.14. The van der Waals surface area contributed by atoms with Gasteiger partial charge < -0.3 is 4.42 Å². The molecule has 12 rings (SSSR count). The van der Waals surface area contributed by atoms with Crippen LogP contribution in [0.2, 0.25) is 0 Å². The third-order valence-electron chi connectivity index (χ3n) is 13.0. The molecule has 11 aromatic rings. The number of nitrogens with zero attached hydrogens (tertiary/aromatic N) is 2. The third kappa shape index (κ3) is 6.12. The molecule has 0 aliphatic heterocycles. The van der Waals surface area contributed by atoms with E-state index in [-0.39, 0.29) is 5.41 Å².